The van der Waals surface area contributed by atoms with Crippen LogP contribution in [0.5, 0.6) is 5.75 Å². The molecule has 8 heteroatoms. The third-order valence-electron chi connectivity index (χ3n) is 4.98. The minimum atomic E-state index is -4.99. The van der Waals surface area contributed by atoms with Gasteiger partial charge < -0.3 is 15.5 Å². The smallest absolute Gasteiger partial charge is 0.419 e. The van der Waals surface area contributed by atoms with Crippen LogP contribution in [0.3, 0.4) is 0 Å². The van der Waals surface area contributed by atoms with Crippen LogP contribution in [0.4, 0.5) is 23.2 Å². The van der Waals surface area contributed by atoms with Crippen molar-refractivity contribution in [2.45, 2.75) is 38.1 Å². The summed E-state index contributed by atoms with van der Waals surface area (Å²) in [7, 11) is 0. The van der Waals surface area contributed by atoms with Crippen molar-refractivity contribution < 1.29 is 27.8 Å². The molecule has 4 nitrogen and oxygen atoms in total. The third kappa shape index (κ3) is 3.85. The van der Waals surface area contributed by atoms with Gasteiger partial charge in [-0.2, -0.15) is 13.2 Å². The maximum Gasteiger partial charge on any atom is 0.419 e. The molecular weight excluding hydrogens is 388 g/mol. The van der Waals surface area contributed by atoms with E-state index in [0.29, 0.717) is 16.6 Å². The summed E-state index contributed by atoms with van der Waals surface area (Å²) >= 11 is 0. The van der Waals surface area contributed by atoms with E-state index >= 15 is 0 Å². The van der Waals surface area contributed by atoms with E-state index in [1.54, 1.807) is 37.3 Å². The molecule has 1 heterocycles. The van der Waals surface area contributed by atoms with Gasteiger partial charge >= 0.3 is 6.18 Å². The maximum absolute atomic E-state index is 13.9. The zero-order valence-electron chi connectivity index (χ0n) is 15.8. The van der Waals surface area contributed by atoms with Crippen LogP contribution in [0, 0.1) is 12.7 Å². The Balaban J connectivity index is 2.17. The molecule has 1 aromatic heterocycles. The Kier molecular flexibility index (Phi) is 5.40. The Bertz CT molecular complexity index is 1040. The van der Waals surface area contributed by atoms with Crippen molar-refractivity contribution in [1.29, 1.82) is 0 Å². The van der Waals surface area contributed by atoms with E-state index in [4.69, 9.17) is 0 Å². The van der Waals surface area contributed by atoms with Crippen LogP contribution in [-0.4, -0.2) is 27.0 Å². The molecule has 2 atom stereocenters. The first kappa shape index (κ1) is 20.9. The van der Waals surface area contributed by atoms with Crippen molar-refractivity contribution >= 4 is 16.6 Å². The van der Waals surface area contributed by atoms with E-state index in [1.807, 2.05) is 0 Å². The van der Waals surface area contributed by atoms with Crippen LogP contribution >= 0.6 is 0 Å². The fourth-order valence-electron chi connectivity index (χ4n) is 3.29. The highest BCUT2D eigenvalue weighted by atomic mass is 19.4. The summed E-state index contributed by atoms with van der Waals surface area (Å²) in [4.78, 5) is 4.36. The predicted octanol–water partition coefficient (Wildman–Crippen LogP) is 5.24. The van der Waals surface area contributed by atoms with Crippen molar-refractivity contribution in [2.75, 3.05) is 5.32 Å². The molecule has 0 saturated heterocycles. The van der Waals surface area contributed by atoms with Crippen molar-refractivity contribution in [3.05, 3.63) is 65.6 Å². The number of nitrogens with zero attached hydrogens (tertiary/aromatic N) is 1. The summed E-state index contributed by atoms with van der Waals surface area (Å²) in [5, 5.41) is 23.3. The number of aromatic hydroxyl groups is 1. The average Bonchev–Trinajstić information content (AvgIpc) is 2.66. The number of pyridine rings is 1. The second-order valence-electron chi connectivity index (χ2n) is 6.89. The average molecular weight is 408 g/mol. The number of fused-ring (bicyclic) bond motifs is 1. The highest BCUT2D eigenvalue weighted by molar-refractivity contribution is 5.91. The molecule has 0 saturated carbocycles. The van der Waals surface area contributed by atoms with Gasteiger partial charge in [0.1, 0.15) is 0 Å². The minimum Gasteiger partial charge on any atom is -0.505 e. The SMILES string of the molecule is CCC(O)(C(Nc1cccc2nc(C)ccc12)c1ccc(O)c(F)c1)C(F)(F)F. The molecule has 2 aromatic carbocycles. The molecule has 0 aliphatic rings. The number of alkyl halides is 3. The fourth-order valence-corrected chi connectivity index (χ4v) is 3.29. The highest BCUT2D eigenvalue weighted by Gasteiger charge is 2.58. The van der Waals surface area contributed by atoms with E-state index in [2.05, 4.69) is 10.3 Å². The van der Waals surface area contributed by atoms with Gasteiger partial charge in [0.25, 0.3) is 0 Å². The summed E-state index contributed by atoms with van der Waals surface area (Å²) in [6.45, 7) is 2.99. The number of phenols is 1. The fraction of sp³-hybridized carbons (Fsp3) is 0.286. The summed E-state index contributed by atoms with van der Waals surface area (Å²) in [5.74, 6) is -1.77. The van der Waals surface area contributed by atoms with Gasteiger partial charge in [0.15, 0.2) is 17.2 Å². The Morgan fingerprint density at radius 2 is 1.83 bits per heavy atom. The van der Waals surface area contributed by atoms with Gasteiger partial charge in [0, 0.05) is 16.8 Å². The quantitative estimate of drug-likeness (QED) is 0.505. The lowest BCUT2D eigenvalue weighted by Crippen LogP contribution is -2.52. The van der Waals surface area contributed by atoms with Gasteiger partial charge in [0.2, 0.25) is 0 Å². The molecule has 0 aliphatic heterocycles. The highest BCUT2D eigenvalue weighted by Crippen LogP contribution is 2.45. The second kappa shape index (κ2) is 7.51. The molecule has 0 fully saturated rings. The molecule has 3 N–H and O–H groups in total. The molecule has 154 valence electrons. The van der Waals surface area contributed by atoms with Crippen molar-refractivity contribution in [3.8, 4) is 5.75 Å². The molecule has 3 aromatic rings. The number of halogens is 4. The molecule has 0 spiro atoms. The molecule has 2 unspecified atom stereocenters. The number of phenolic OH excluding ortho intramolecular Hbond substituents is 1. The van der Waals surface area contributed by atoms with Gasteiger partial charge in [-0.05, 0) is 55.3 Å². The number of benzene rings is 2. The van der Waals surface area contributed by atoms with E-state index in [0.717, 1.165) is 23.9 Å². The normalized spacial score (nSPS) is 15.1. The lowest BCUT2D eigenvalue weighted by atomic mass is 9.85. The first-order valence-electron chi connectivity index (χ1n) is 8.97. The predicted molar refractivity (Wildman–Crippen MR) is 102 cm³/mol. The second-order valence-corrected chi connectivity index (χ2v) is 6.89. The number of aromatic nitrogens is 1. The number of aliphatic hydroxyl groups is 1. The van der Waals surface area contributed by atoms with Gasteiger partial charge in [-0.3, -0.25) is 4.98 Å². The van der Waals surface area contributed by atoms with Crippen molar-refractivity contribution in [1.82, 2.24) is 4.98 Å². The van der Waals surface area contributed by atoms with Crippen LogP contribution in [0.1, 0.15) is 30.6 Å². The van der Waals surface area contributed by atoms with Crippen LogP contribution in [0.2, 0.25) is 0 Å². The first-order valence-corrected chi connectivity index (χ1v) is 8.97. The molecule has 0 aliphatic carbocycles. The van der Waals surface area contributed by atoms with Crippen LogP contribution < -0.4 is 5.32 Å². The molecule has 3 rings (SSSR count). The van der Waals surface area contributed by atoms with Gasteiger partial charge in [0.05, 0.1) is 11.6 Å². The molecule has 0 radical (unpaired) electrons. The van der Waals surface area contributed by atoms with Crippen molar-refractivity contribution in [3.63, 3.8) is 0 Å². The summed E-state index contributed by atoms with van der Waals surface area (Å²) < 4.78 is 55.4. The largest absolute Gasteiger partial charge is 0.505 e. The zero-order valence-corrected chi connectivity index (χ0v) is 15.8. The topological polar surface area (TPSA) is 65.4 Å². The van der Waals surface area contributed by atoms with Crippen LogP contribution in [0.25, 0.3) is 10.9 Å². The van der Waals surface area contributed by atoms with E-state index in [1.165, 1.54) is 6.92 Å². The lowest BCUT2D eigenvalue weighted by molar-refractivity contribution is -0.267. The van der Waals surface area contributed by atoms with Crippen LogP contribution in [-0.2, 0) is 0 Å². The Morgan fingerprint density at radius 1 is 1.10 bits per heavy atom. The molecule has 29 heavy (non-hydrogen) atoms. The van der Waals surface area contributed by atoms with E-state index in [-0.39, 0.29) is 5.56 Å². The van der Waals surface area contributed by atoms with Crippen molar-refractivity contribution in [2.24, 2.45) is 0 Å². The monoisotopic (exact) mass is 408 g/mol. The summed E-state index contributed by atoms with van der Waals surface area (Å²) in [6.07, 6.45) is -5.66. The number of rotatable bonds is 5. The van der Waals surface area contributed by atoms with E-state index in [9.17, 15) is 27.8 Å². The minimum absolute atomic E-state index is 0.154. The first-order chi connectivity index (χ1) is 13.6. The third-order valence-corrected chi connectivity index (χ3v) is 4.98. The maximum atomic E-state index is 13.9. The molecule has 0 bridgehead atoms. The van der Waals surface area contributed by atoms with Gasteiger partial charge in [-0.1, -0.05) is 19.1 Å². The Hall–Kier alpha value is -2.87. The number of nitrogens with one attached hydrogen (secondary N) is 1. The lowest BCUT2D eigenvalue weighted by Gasteiger charge is -2.38. The van der Waals surface area contributed by atoms with E-state index < -0.39 is 35.8 Å². The Labute approximate surface area is 164 Å². The van der Waals surface area contributed by atoms with Gasteiger partial charge in [-0.25, -0.2) is 4.39 Å². The standard InChI is InChI=1S/C21H20F4N2O2/c1-3-20(29,21(23,24)25)19(13-8-10-18(28)15(22)11-13)27-17-6-4-5-16-14(17)9-7-12(2)26-16/h4-11,19,27-29H,3H2,1-2H3. The van der Waals surface area contributed by atoms with Crippen LogP contribution in [0.15, 0.2) is 48.5 Å². The van der Waals surface area contributed by atoms with Gasteiger partial charge in [-0.15, -0.1) is 0 Å². The molecular formula is C21H20F4N2O2. The number of anilines is 1. The summed E-state index contributed by atoms with van der Waals surface area (Å²) in [5.41, 5.74) is -1.72. The Morgan fingerprint density at radius 3 is 2.45 bits per heavy atom. The molecule has 0 amide bonds. The number of hydrogen-bond acceptors (Lipinski definition) is 4. The number of aryl methyl sites for hydroxylation is 1. The number of hydrogen-bond donors (Lipinski definition) is 3. The zero-order chi connectivity index (χ0) is 21.4. The summed E-state index contributed by atoms with van der Waals surface area (Å²) in [6, 6.07) is 9.52.